The molecule has 2 unspecified atom stereocenters. The smallest absolute Gasteiger partial charge is 0.0672 e. The molecule has 0 radical (unpaired) electrons. The zero-order valence-corrected chi connectivity index (χ0v) is 9.87. The molecule has 2 saturated carbocycles. The molecule has 0 spiro atoms. The fourth-order valence-electron chi connectivity index (χ4n) is 2.96. The van der Waals surface area contributed by atoms with Crippen LogP contribution in [0.4, 0.5) is 0 Å². The maximum atomic E-state index is 8.99. The van der Waals surface area contributed by atoms with Gasteiger partial charge in [-0.3, -0.25) is 0 Å². The summed E-state index contributed by atoms with van der Waals surface area (Å²) in [6, 6.07) is 3.64. The van der Waals surface area contributed by atoms with Crippen molar-refractivity contribution in [3.8, 4) is 6.07 Å². The first-order valence-electron chi connectivity index (χ1n) is 6.36. The minimum atomic E-state index is 0.281. The summed E-state index contributed by atoms with van der Waals surface area (Å²) in [5, 5.41) is 12.7. The van der Waals surface area contributed by atoms with Crippen LogP contribution in [0.2, 0.25) is 0 Å². The molecule has 2 fully saturated rings. The standard InChI is InChI=1S/C13H22N2/c1-9(2)11-6-12(7-11)15-13-5-3-4-10(13)8-14/h9-13,15H,3-7H2,1-2H3. The summed E-state index contributed by atoms with van der Waals surface area (Å²) in [6.07, 6.45) is 6.20. The van der Waals surface area contributed by atoms with Gasteiger partial charge in [0, 0.05) is 12.1 Å². The second kappa shape index (κ2) is 4.53. The predicted octanol–water partition coefficient (Wildman–Crippen LogP) is 2.70. The van der Waals surface area contributed by atoms with E-state index in [1.165, 1.54) is 25.7 Å². The highest BCUT2D eigenvalue weighted by Gasteiger charge is 2.35. The normalized spacial score (nSPS) is 40.1. The molecule has 0 aromatic heterocycles. The summed E-state index contributed by atoms with van der Waals surface area (Å²) in [4.78, 5) is 0. The van der Waals surface area contributed by atoms with E-state index in [-0.39, 0.29) is 5.92 Å². The fourth-order valence-corrected chi connectivity index (χ4v) is 2.96. The van der Waals surface area contributed by atoms with Crippen molar-refractivity contribution in [2.75, 3.05) is 0 Å². The SMILES string of the molecule is CC(C)C1CC(NC2CCCC2C#N)C1. The van der Waals surface area contributed by atoms with E-state index < -0.39 is 0 Å². The Morgan fingerprint density at radius 2 is 2.00 bits per heavy atom. The van der Waals surface area contributed by atoms with E-state index in [4.69, 9.17) is 5.26 Å². The van der Waals surface area contributed by atoms with Gasteiger partial charge in [0.15, 0.2) is 0 Å². The lowest BCUT2D eigenvalue weighted by Gasteiger charge is -2.40. The lowest BCUT2D eigenvalue weighted by Crippen LogP contribution is -2.48. The molecule has 0 aromatic rings. The van der Waals surface area contributed by atoms with Gasteiger partial charge in [0.05, 0.1) is 12.0 Å². The van der Waals surface area contributed by atoms with Gasteiger partial charge in [-0.15, -0.1) is 0 Å². The highest BCUT2D eigenvalue weighted by molar-refractivity contribution is 4.99. The molecule has 2 atom stereocenters. The van der Waals surface area contributed by atoms with E-state index in [0.29, 0.717) is 12.1 Å². The number of nitriles is 1. The van der Waals surface area contributed by atoms with Crippen LogP contribution in [0.25, 0.3) is 0 Å². The van der Waals surface area contributed by atoms with E-state index in [1.54, 1.807) is 0 Å². The molecular weight excluding hydrogens is 184 g/mol. The Bertz CT molecular complexity index is 248. The van der Waals surface area contributed by atoms with Crippen molar-refractivity contribution < 1.29 is 0 Å². The molecule has 0 aliphatic heterocycles. The first-order valence-corrected chi connectivity index (χ1v) is 6.36. The van der Waals surface area contributed by atoms with Crippen molar-refractivity contribution in [1.29, 1.82) is 5.26 Å². The van der Waals surface area contributed by atoms with Gasteiger partial charge < -0.3 is 5.32 Å². The van der Waals surface area contributed by atoms with Gasteiger partial charge in [0.2, 0.25) is 0 Å². The maximum Gasteiger partial charge on any atom is 0.0672 e. The van der Waals surface area contributed by atoms with Gasteiger partial charge in [0.25, 0.3) is 0 Å². The number of hydrogen-bond donors (Lipinski definition) is 1. The third-order valence-corrected chi connectivity index (χ3v) is 4.25. The lowest BCUT2D eigenvalue weighted by molar-refractivity contribution is 0.153. The van der Waals surface area contributed by atoms with Gasteiger partial charge in [-0.2, -0.15) is 5.26 Å². The van der Waals surface area contributed by atoms with Crippen LogP contribution < -0.4 is 5.32 Å². The average molecular weight is 206 g/mol. The van der Waals surface area contributed by atoms with Crippen LogP contribution in [0.5, 0.6) is 0 Å². The van der Waals surface area contributed by atoms with E-state index in [9.17, 15) is 0 Å². The number of hydrogen-bond acceptors (Lipinski definition) is 2. The monoisotopic (exact) mass is 206 g/mol. The number of nitrogens with zero attached hydrogens (tertiary/aromatic N) is 1. The molecule has 1 N–H and O–H groups in total. The molecule has 0 bridgehead atoms. The molecule has 0 aromatic carbocycles. The van der Waals surface area contributed by atoms with Crippen molar-refractivity contribution in [2.24, 2.45) is 17.8 Å². The Kier molecular flexibility index (Phi) is 3.31. The summed E-state index contributed by atoms with van der Waals surface area (Å²) in [5.41, 5.74) is 0. The molecular formula is C13H22N2. The quantitative estimate of drug-likeness (QED) is 0.770. The van der Waals surface area contributed by atoms with Gasteiger partial charge in [0.1, 0.15) is 0 Å². The van der Waals surface area contributed by atoms with Crippen molar-refractivity contribution in [3.05, 3.63) is 0 Å². The first kappa shape index (κ1) is 11.0. The summed E-state index contributed by atoms with van der Waals surface area (Å²) < 4.78 is 0. The Labute approximate surface area is 93.0 Å². The van der Waals surface area contributed by atoms with Crippen molar-refractivity contribution >= 4 is 0 Å². The fraction of sp³-hybridized carbons (Fsp3) is 0.923. The summed E-state index contributed by atoms with van der Waals surface area (Å²) in [5.74, 6) is 2.03. The highest BCUT2D eigenvalue weighted by Crippen LogP contribution is 2.35. The summed E-state index contributed by atoms with van der Waals surface area (Å²) in [6.45, 7) is 4.63. The molecule has 2 aliphatic rings. The van der Waals surface area contributed by atoms with Crippen LogP contribution >= 0.6 is 0 Å². The van der Waals surface area contributed by atoms with E-state index in [1.807, 2.05) is 0 Å². The van der Waals surface area contributed by atoms with Gasteiger partial charge >= 0.3 is 0 Å². The second-order valence-corrected chi connectivity index (χ2v) is 5.61. The molecule has 84 valence electrons. The second-order valence-electron chi connectivity index (χ2n) is 5.61. The zero-order chi connectivity index (χ0) is 10.8. The van der Waals surface area contributed by atoms with Gasteiger partial charge in [-0.05, 0) is 37.5 Å². The molecule has 2 aliphatic carbocycles. The molecule has 0 amide bonds. The third-order valence-electron chi connectivity index (χ3n) is 4.25. The van der Waals surface area contributed by atoms with Crippen LogP contribution in [-0.2, 0) is 0 Å². The van der Waals surface area contributed by atoms with Crippen LogP contribution in [-0.4, -0.2) is 12.1 Å². The van der Waals surface area contributed by atoms with Crippen LogP contribution in [0.15, 0.2) is 0 Å². The van der Waals surface area contributed by atoms with Crippen molar-refractivity contribution in [3.63, 3.8) is 0 Å². The molecule has 2 nitrogen and oxygen atoms in total. The number of rotatable bonds is 3. The zero-order valence-electron chi connectivity index (χ0n) is 9.87. The molecule has 15 heavy (non-hydrogen) atoms. The predicted molar refractivity (Wildman–Crippen MR) is 61.2 cm³/mol. The third kappa shape index (κ3) is 2.34. The Balaban J connectivity index is 1.73. The Morgan fingerprint density at radius 1 is 1.27 bits per heavy atom. The summed E-state index contributed by atoms with van der Waals surface area (Å²) in [7, 11) is 0. The topological polar surface area (TPSA) is 35.8 Å². The van der Waals surface area contributed by atoms with Crippen LogP contribution in [0.3, 0.4) is 0 Å². The van der Waals surface area contributed by atoms with Gasteiger partial charge in [-0.25, -0.2) is 0 Å². The van der Waals surface area contributed by atoms with E-state index >= 15 is 0 Å². The van der Waals surface area contributed by atoms with Crippen LogP contribution in [0.1, 0.15) is 46.0 Å². The minimum absolute atomic E-state index is 0.281. The first-order chi connectivity index (χ1) is 7.20. The molecule has 0 saturated heterocycles. The highest BCUT2D eigenvalue weighted by atomic mass is 15.0. The lowest BCUT2D eigenvalue weighted by atomic mass is 9.73. The van der Waals surface area contributed by atoms with E-state index in [2.05, 4.69) is 25.2 Å². The van der Waals surface area contributed by atoms with E-state index in [0.717, 1.165) is 18.3 Å². The number of nitrogens with one attached hydrogen (secondary N) is 1. The van der Waals surface area contributed by atoms with Crippen LogP contribution in [0, 0.1) is 29.1 Å². The van der Waals surface area contributed by atoms with Crippen molar-refractivity contribution in [2.45, 2.75) is 58.0 Å². The Morgan fingerprint density at radius 3 is 2.60 bits per heavy atom. The molecule has 0 heterocycles. The summed E-state index contributed by atoms with van der Waals surface area (Å²) >= 11 is 0. The van der Waals surface area contributed by atoms with Crippen molar-refractivity contribution in [1.82, 2.24) is 5.32 Å². The minimum Gasteiger partial charge on any atom is -0.310 e. The largest absolute Gasteiger partial charge is 0.310 e. The Hall–Kier alpha value is -0.550. The molecule has 2 heteroatoms. The average Bonchev–Trinajstić information content (AvgIpc) is 2.56. The maximum absolute atomic E-state index is 8.99. The molecule has 2 rings (SSSR count). The van der Waals surface area contributed by atoms with Gasteiger partial charge in [-0.1, -0.05) is 20.3 Å².